The Morgan fingerprint density at radius 3 is 2.59 bits per heavy atom. The maximum Gasteiger partial charge on any atom is 0.148 e. The number of rotatable bonds is 3. The normalized spacial score (nSPS) is 17.3. The molecule has 3 heteroatoms. The summed E-state index contributed by atoms with van der Waals surface area (Å²) in [5.74, 6) is 0.872. The van der Waals surface area contributed by atoms with E-state index in [2.05, 4.69) is 41.3 Å². The van der Waals surface area contributed by atoms with Crippen molar-refractivity contribution >= 4 is 11.3 Å². The second-order valence-electron chi connectivity index (χ2n) is 6.76. The van der Waals surface area contributed by atoms with Crippen molar-refractivity contribution in [3.8, 4) is 0 Å². The van der Waals surface area contributed by atoms with Crippen LogP contribution in [0, 0.1) is 0 Å². The van der Waals surface area contributed by atoms with Gasteiger partial charge in [0.15, 0.2) is 0 Å². The maximum absolute atomic E-state index is 10.3. The smallest absolute Gasteiger partial charge is 0.148 e. The molecule has 0 atom stereocenters. The van der Waals surface area contributed by atoms with E-state index in [0.717, 1.165) is 28.6 Å². The van der Waals surface area contributed by atoms with Crippen LogP contribution in [0.3, 0.4) is 0 Å². The molecule has 2 heterocycles. The molecule has 3 nitrogen and oxygen atoms in total. The first-order chi connectivity index (χ1) is 13.3. The van der Waals surface area contributed by atoms with E-state index in [4.69, 9.17) is 4.74 Å². The average Bonchev–Trinajstić information content (AvgIpc) is 2.73. The summed E-state index contributed by atoms with van der Waals surface area (Å²) in [5, 5.41) is 12.7. The van der Waals surface area contributed by atoms with Crippen LogP contribution in [0.25, 0.3) is 11.3 Å². The van der Waals surface area contributed by atoms with Crippen LogP contribution in [-0.2, 0) is 11.3 Å². The highest BCUT2D eigenvalue weighted by molar-refractivity contribution is 5.79. The Morgan fingerprint density at radius 1 is 0.963 bits per heavy atom. The van der Waals surface area contributed by atoms with E-state index in [9.17, 15) is 5.11 Å². The Bertz CT molecular complexity index is 1150. The molecule has 2 aliphatic heterocycles. The van der Waals surface area contributed by atoms with Crippen molar-refractivity contribution in [1.82, 2.24) is 4.90 Å². The van der Waals surface area contributed by atoms with Crippen LogP contribution >= 0.6 is 0 Å². The summed E-state index contributed by atoms with van der Waals surface area (Å²) in [4.78, 5) is 2.05. The van der Waals surface area contributed by atoms with Crippen LogP contribution in [0.4, 0.5) is 0 Å². The standard InChI is InChI=1S/C24H19NO2/c26-18-14-23(27-16-17-8-2-1-3-9-17)24-21-12-5-4-10-19(21)20-11-6-7-13-22(20)25(24)15-18/h1-10,12-15,26H,11,16H2. The third-order valence-corrected chi connectivity index (χ3v) is 5.04. The maximum atomic E-state index is 10.3. The number of allylic oxidation sites excluding steroid dienone is 5. The number of aliphatic hydroxyl groups is 1. The summed E-state index contributed by atoms with van der Waals surface area (Å²) < 4.78 is 6.17. The summed E-state index contributed by atoms with van der Waals surface area (Å²) in [5.41, 5.74) is 4.43. The molecule has 0 fully saturated rings. The van der Waals surface area contributed by atoms with Crippen molar-refractivity contribution in [1.29, 1.82) is 0 Å². The first kappa shape index (κ1) is 15.8. The lowest BCUT2D eigenvalue weighted by Gasteiger charge is -2.35. The minimum Gasteiger partial charge on any atom is -0.506 e. The molecular weight excluding hydrogens is 334 g/mol. The van der Waals surface area contributed by atoms with Gasteiger partial charge in [-0.15, -0.1) is 0 Å². The number of fused-ring (bicyclic) bond motifs is 4. The molecule has 2 aromatic rings. The quantitative estimate of drug-likeness (QED) is 0.915. The summed E-state index contributed by atoms with van der Waals surface area (Å²) >= 11 is 0. The van der Waals surface area contributed by atoms with Gasteiger partial charge in [0.25, 0.3) is 0 Å². The van der Waals surface area contributed by atoms with E-state index in [1.54, 1.807) is 12.3 Å². The lowest BCUT2D eigenvalue weighted by Crippen LogP contribution is -2.41. The molecule has 27 heavy (non-hydrogen) atoms. The second-order valence-corrected chi connectivity index (χ2v) is 6.76. The van der Waals surface area contributed by atoms with Crippen molar-refractivity contribution in [3.05, 3.63) is 118 Å². The minimum atomic E-state index is 0.191. The van der Waals surface area contributed by atoms with Crippen molar-refractivity contribution in [2.45, 2.75) is 13.0 Å². The highest BCUT2D eigenvalue weighted by Gasteiger charge is 2.29. The van der Waals surface area contributed by atoms with Crippen LogP contribution in [0.1, 0.15) is 12.0 Å². The zero-order valence-electron chi connectivity index (χ0n) is 14.8. The molecule has 0 spiro atoms. The summed E-state index contributed by atoms with van der Waals surface area (Å²) in [6.45, 7) is 0.453. The molecule has 0 radical (unpaired) electrons. The summed E-state index contributed by atoms with van der Waals surface area (Å²) in [6.07, 6.45) is 10.7. The molecule has 132 valence electrons. The average molecular weight is 353 g/mol. The SMILES string of the molecule is OC1=CN2C3=CC=CCC3=c3ccccc3=C2C(OCc2ccccc2)=C1. The Hall–Kier alpha value is -3.46. The Morgan fingerprint density at radius 2 is 1.74 bits per heavy atom. The van der Waals surface area contributed by atoms with Gasteiger partial charge in [-0.3, -0.25) is 0 Å². The van der Waals surface area contributed by atoms with E-state index in [1.807, 2.05) is 36.4 Å². The van der Waals surface area contributed by atoms with Gasteiger partial charge >= 0.3 is 0 Å². The van der Waals surface area contributed by atoms with Gasteiger partial charge in [0.05, 0.1) is 11.9 Å². The predicted molar refractivity (Wildman–Crippen MR) is 106 cm³/mol. The number of nitrogens with zero attached hydrogens (tertiary/aromatic N) is 1. The van der Waals surface area contributed by atoms with E-state index >= 15 is 0 Å². The topological polar surface area (TPSA) is 32.7 Å². The molecule has 1 aliphatic carbocycles. The predicted octanol–water partition coefficient (Wildman–Crippen LogP) is 3.62. The zero-order chi connectivity index (χ0) is 18.2. The monoisotopic (exact) mass is 353 g/mol. The molecule has 0 aromatic heterocycles. The fraction of sp³-hybridized carbons (Fsp3) is 0.0833. The number of benzene rings is 2. The highest BCUT2D eigenvalue weighted by Crippen LogP contribution is 2.35. The van der Waals surface area contributed by atoms with Crippen molar-refractivity contribution in [2.75, 3.05) is 0 Å². The molecule has 3 aliphatic rings. The van der Waals surface area contributed by atoms with E-state index in [0.29, 0.717) is 12.4 Å². The number of ether oxygens (including phenoxy) is 1. The number of hydrogen-bond acceptors (Lipinski definition) is 3. The van der Waals surface area contributed by atoms with E-state index in [1.165, 1.54) is 10.8 Å². The van der Waals surface area contributed by atoms with E-state index in [-0.39, 0.29) is 5.76 Å². The Kier molecular flexibility index (Phi) is 3.72. The largest absolute Gasteiger partial charge is 0.506 e. The van der Waals surface area contributed by atoms with Crippen molar-refractivity contribution < 1.29 is 9.84 Å². The molecule has 0 saturated carbocycles. The molecule has 2 aromatic carbocycles. The van der Waals surface area contributed by atoms with Gasteiger partial charge < -0.3 is 14.7 Å². The molecule has 0 unspecified atom stereocenters. The Balaban J connectivity index is 1.67. The second kappa shape index (κ2) is 6.36. The van der Waals surface area contributed by atoms with Gasteiger partial charge in [-0.25, -0.2) is 0 Å². The van der Waals surface area contributed by atoms with Gasteiger partial charge in [0.1, 0.15) is 18.1 Å². The number of aliphatic hydroxyl groups excluding tert-OH is 1. The van der Waals surface area contributed by atoms with Crippen molar-refractivity contribution in [2.24, 2.45) is 0 Å². The van der Waals surface area contributed by atoms with E-state index < -0.39 is 0 Å². The molecule has 5 rings (SSSR count). The van der Waals surface area contributed by atoms with Crippen LogP contribution in [0.2, 0.25) is 0 Å². The molecule has 0 saturated heterocycles. The molecule has 1 N–H and O–H groups in total. The van der Waals surface area contributed by atoms with Gasteiger partial charge in [-0.2, -0.15) is 0 Å². The molecular formula is C24H19NO2. The fourth-order valence-electron chi connectivity index (χ4n) is 3.83. The summed E-state index contributed by atoms with van der Waals surface area (Å²) in [7, 11) is 0. The fourth-order valence-corrected chi connectivity index (χ4v) is 3.83. The van der Waals surface area contributed by atoms with Crippen LogP contribution in [0.5, 0.6) is 0 Å². The Labute approximate surface area is 157 Å². The van der Waals surface area contributed by atoms with Crippen LogP contribution in [0.15, 0.2) is 102 Å². The van der Waals surface area contributed by atoms with Gasteiger partial charge in [-0.1, -0.05) is 66.7 Å². The van der Waals surface area contributed by atoms with Crippen molar-refractivity contribution in [3.63, 3.8) is 0 Å². The molecule has 0 bridgehead atoms. The lowest BCUT2D eigenvalue weighted by atomic mass is 9.93. The minimum absolute atomic E-state index is 0.191. The van der Waals surface area contributed by atoms with Gasteiger partial charge in [0.2, 0.25) is 0 Å². The first-order valence-electron chi connectivity index (χ1n) is 9.10. The third-order valence-electron chi connectivity index (χ3n) is 5.04. The zero-order valence-corrected chi connectivity index (χ0v) is 14.8. The lowest BCUT2D eigenvalue weighted by molar-refractivity contribution is 0.203. The van der Waals surface area contributed by atoms with Crippen LogP contribution < -0.4 is 10.4 Å². The summed E-state index contributed by atoms with van der Waals surface area (Å²) in [6, 6.07) is 18.5. The first-order valence-corrected chi connectivity index (χ1v) is 9.10. The number of hydrogen-bond donors (Lipinski definition) is 1. The van der Waals surface area contributed by atoms with Gasteiger partial charge in [0, 0.05) is 17.0 Å². The third kappa shape index (κ3) is 2.68. The van der Waals surface area contributed by atoms with Gasteiger partial charge in [-0.05, 0) is 28.9 Å². The highest BCUT2D eigenvalue weighted by atomic mass is 16.5. The molecule has 0 amide bonds. The van der Waals surface area contributed by atoms with Crippen LogP contribution in [-0.4, -0.2) is 10.0 Å².